The van der Waals surface area contributed by atoms with Gasteiger partial charge in [-0.15, -0.1) is 11.3 Å². The fourth-order valence-electron chi connectivity index (χ4n) is 1.99. The van der Waals surface area contributed by atoms with Crippen LogP contribution in [0.25, 0.3) is 0 Å². The van der Waals surface area contributed by atoms with Gasteiger partial charge in [-0.1, -0.05) is 0 Å². The average Bonchev–Trinajstić information content (AvgIpc) is 2.99. The molecule has 0 saturated carbocycles. The Morgan fingerprint density at radius 2 is 2.10 bits per heavy atom. The zero-order valence-corrected chi connectivity index (χ0v) is 13.9. The van der Waals surface area contributed by atoms with Gasteiger partial charge in [-0.2, -0.15) is 11.3 Å². The number of hydrogen-bond acceptors (Lipinski definition) is 5. The molecule has 2 rings (SSSR count). The number of hydrogen-bond donors (Lipinski definition) is 2. The average molecular weight is 330 g/mol. The third-order valence-electron chi connectivity index (χ3n) is 2.81. The Hall–Kier alpha value is -0.730. The zero-order valence-electron chi connectivity index (χ0n) is 11.4. The maximum absolute atomic E-state index is 12.4. The van der Waals surface area contributed by atoms with Crippen LogP contribution in [0.3, 0.4) is 0 Å². The molecule has 0 fully saturated rings. The first-order valence-electron chi connectivity index (χ1n) is 6.27. The molecular formula is C13H18N2O2S3. The molecule has 0 aliphatic heterocycles. The first-order chi connectivity index (χ1) is 9.53. The lowest BCUT2D eigenvalue weighted by Crippen LogP contribution is -2.34. The van der Waals surface area contributed by atoms with E-state index in [9.17, 15) is 8.42 Å². The van der Waals surface area contributed by atoms with Crippen LogP contribution in [0.15, 0.2) is 33.2 Å². The van der Waals surface area contributed by atoms with Crippen molar-refractivity contribution in [1.82, 2.24) is 10.0 Å². The molecular weight excluding hydrogens is 312 g/mol. The van der Waals surface area contributed by atoms with Crippen molar-refractivity contribution in [3.8, 4) is 0 Å². The highest BCUT2D eigenvalue weighted by Crippen LogP contribution is 2.22. The summed E-state index contributed by atoms with van der Waals surface area (Å²) in [6.45, 7) is 2.45. The molecule has 2 aromatic rings. The third-order valence-corrected chi connectivity index (χ3v) is 6.27. The lowest BCUT2D eigenvalue weighted by molar-refractivity contribution is 0.559. The normalized spacial score (nSPS) is 13.5. The van der Waals surface area contributed by atoms with Crippen LogP contribution in [0.2, 0.25) is 0 Å². The van der Waals surface area contributed by atoms with E-state index in [0.717, 1.165) is 10.4 Å². The third kappa shape index (κ3) is 3.89. The van der Waals surface area contributed by atoms with Crippen LogP contribution < -0.4 is 10.0 Å². The molecule has 2 heterocycles. The van der Waals surface area contributed by atoms with Gasteiger partial charge in [-0.05, 0) is 54.2 Å². The van der Waals surface area contributed by atoms with Crippen molar-refractivity contribution in [2.45, 2.75) is 30.8 Å². The van der Waals surface area contributed by atoms with Gasteiger partial charge < -0.3 is 5.32 Å². The summed E-state index contributed by atoms with van der Waals surface area (Å²) < 4.78 is 27.5. The number of sulfonamides is 1. The summed E-state index contributed by atoms with van der Waals surface area (Å²) in [6.07, 6.45) is 0.703. The minimum atomic E-state index is -3.45. The molecule has 0 saturated heterocycles. The second kappa shape index (κ2) is 6.82. The molecule has 0 bridgehead atoms. The van der Waals surface area contributed by atoms with E-state index >= 15 is 0 Å². The fraction of sp³-hybridized carbons (Fsp3) is 0.385. The monoisotopic (exact) mass is 330 g/mol. The Kier molecular flexibility index (Phi) is 5.34. The van der Waals surface area contributed by atoms with Gasteiger partial charge in [0.2, 0.25) is 10.0 Å². The van der Waals surface area contributed by atoms with Gasteiger partial charge >= 0.3 is 0 Å². The van der Waals surface area contributed by atoms with E-state index in [1.165, 1.54) is 11.3 Å². The Morgan fingerprint density at radius 3 is 2.75 bits per heavy atom. The smallest absolute Gasteiger partial charge is 0.241 e. The number of nitrogens with one attached hydrogen (secondary N) is 2. The van der Waals surface area contributed by atoms with Gasteiger partial charge in [0.05, 0.1) is 4.90 Å². The van der Waals surface area contributed by atoms with Crippen LogP contribution in [-0.4, -0.2) is 21.5 Å². The van der Waals surface area contributed by atoms with E-state index in [1.54, 1.807) is 17.4 Å². The summed E-state index contributed by atoms with van der Waals surface area (Å²) in [6, 6.07) is 3.56. The highest BCUT2D eigenvalue weighted by Gasteiger charge is 2.21. The molecule has 0 radical (unpaired) electrons. The molecule has 1 unspecified atom stereocenters. The quantitative estimate of drug-likeness (QED) is 0.820. The molecule has 0 aromatic carbocycles. The predicted octanol–water partition coefficient (Wildman–Crippen LogP) is 2.44. The Balaban J connectivity index is 2.08. The lowest BCUT2D eigenvalue weighted by Gasteiger charge is -2.14. The van der Waals surface area contributed by atoms with E-state index < -0.39 is 10.0 Å². The van der Waals surface area contributed by atoms with Crippen molar-refractivity contribution in [3.05, 3.63) is 38.7 Å². The fourth-order valence-corrected chi connectivity index (χ4v) is 5.37. The minimum absolute atomic E-state index is 0.128. The van der Waals surface area contributed by atoms with Crippen LogP contribution in [0, 0.1) is 0 Å². The molecule has 0 aliphatic rings. The van der Waals surface area contributed by atoms with E-state index in [2.05, 4.69) is 10.0 Å². The molecule has 0 aliphatic carbocycles. The van der Waals surface area contributed by atoms with Crippen molar-refractivity contribution >= 4 is 32.7 Å². The topological polar surface area (TPSA) is 58.2 Å². The standard InChI is InChI=1S/C13H18N2O2S3/c1-10(7-11-3-5-18-9-11)15-20(16,17)13-4-6-19-12(13)8-14-2/h3-6,9-10,14-15H,7-8H2,1-2H3. The first-order valence-corrected chi connectivity index (χ1v) is 9.58. The van der Waals surface area contributed by atoms with Gasteiger partial charge in [0.15, 0.2) is 0 Å². The Morgan fingerprint density at radius 1 is 1.30 bits per heavy atom. The first kappa shape index (κ1) is 15.7. The molecule has 7 heteroatoms. The summed E-state index contributed by atoms with van der Waals surface area (Å²) in [5, 5.41) is 8.85. The van der Waals surface area contributed by atoms with Gasteiger partial charge in [0, 0.05) is 17.5 Å². The van der Waals surface area contributed by atoms with Crippen LogP contribution in [0.1, 0.15) is 17.4 Å². The molecule has 0 spiro atoms. The summed E-state index contributed by atoms with van der Waals surface area (Å²) in [5.74, 6) is 0. The highest BCUT2D eigenvalue weighted by atomic mass is 32.2. The largest absolute Gasteiger partial charge is 0.315 e. The van der Waals surface area contributed by atoms with E-state index in [1.807, 2.05) is 36.2 Å². The van der Waals surface area contributed by atoms with Gasteiger partial charge in [0.25, 0.3) is 0 Å². The van der Waals surface area contributed by atoms with Crippen LogP contribution in [-0.2, 0) is 23.0 Å². The molecule has 1 atom stereocenters. The minimum Gasteiger partial charge on any atom is -0.315 e. The SMILES string of the molecule is CNCc1sccc1S(=O)(=O)NC(C)Cc1ccsc1. The Bertz CT molecular complexity index is 632. The molecule has 110 valence electrons. The summed E-state index contributed by atoms with van der Waals surface area (Å²) in [7, 11) is -1.64. The molecule has 0 amide bonds. The Labute approximate surface area is 127 Å². The zero-order chi connectivity index (χ0) is 14.6. The van der Waals surface area contributed by atoms with Gasteiger partial charge in [-0.3, -0.25) is 0 Å². The number of thiophene rings is 2. The van der Waals surface area contributed by atoms with Crippen LogP contribution >= 0.6 is 22.7 Å². The van der Waals surface area contributed by atoms with Crippen molar-refractivity contribution in [2.24, 2.45) is 0 Å². The maximum atomic E-state index is 12.4. The van der Waals surface area contributed by atoms with Crippen LogP contribution in [0.5, 0.6) is 0 Å². The van der Waals surface area contributed by atoms with Gasteiger partial charge in [0.1, 0.15) is 0 Å². The molecule has 20 heavy (non-hydrogen) atoms. The maximum Gasteiger partial charge on any atom is 0.241 e. The number of rotatable bonds is 7. The molecule has 2 N–H and O–H groups in total. The summed E-state index contributed by atoms with van der Waals surface area (Å²) >= 11 is 3.08. The van der Waals surface area contributed by atoms with Crippen LogP contribution in [0.4, 0.5) is 0 Å². The van der Waals surface area contributed by atoms with E-state index in [-0.39, 0.29) is 6.04 Å². The summed E-state index contributed by atoms with van der Waals surface area (Å²) in [5.41, 5.74) is 1.16. The lowest BCUT2D eigenvalue weighted by atomic mass is 10.1. The molecule has 4 nitrogen and oxygen atoms in total. The van der Waals surface area contributed by atoms with Gasteiger partial charge in [-0.25, -0.2) is 13.1 Å². The summed E-state index contributed by atoms with van der Waals surface area (Å²) in [4.78, 5) is 1.22. The second-order valence-corrected chi connectivity index (χ2v) is 8.06. The second-order valence-electron chi connectivity index (χ2n) is 4.60. The van der Waals surface area contributed by atoms with E-state index in [4.69, 9.17) is 0 Å². The van der Waals surface area contributed by atoms with E-state index in [0.29, 0.717) is 17.9 Å². The van der Waals surface area contributed by atoms with Crippen molar-refractivity contribution in [3.63, 3.8) is 0 Å². The van der Waals surface area contributed by atoms with Crippen molar-refractivity contribution in [1.29, 1.82) is 0 Å². The predicted molar refractivity (Wildman–Crippen MR) is 84.9 cm³/mol. The van der Waals surface area contributed by atoms with Crippen molar-refractivity contribution < 1.29 is 8.42 Å². The van der Waals surface area contributed by atoms with Crippen molar-refractivity contribution in [2.75, 3.05) is 7.05 Å². The highest BCUT2D eigenvalue weighted by molar-refractivity contribution is 7.89. The molecule has 2 aromatic heterocycles.